The summed E-state index contributed by atoms with van der Waals surface area (Å²) in [5.74, 6) is 0.0197. The van der Waals surface area contributed by atoms with Crippen molar-refractivity contribution in [2.75, 3.05) is 36.9 Å². The van der Waals surface area contributed by atoms with Gasteiger partial charge in [-0.1, -0.05) is 23.7 Å². The van der Waals surface area contributed by atoms with E-state index in [1.807, 2.05) is 50.4 Å². The number of piperidine rings is 1. The van der Waals surface area contributed by atoms with Gasteiger partial charge in [0, 0.05) is 25.2 Å². The molecular formula is C23H27ClN4OS. The smallest absolute Gasteiger partial charge is 0.242 e. The number of carbonyl (C=O) groups is 1. The molecule has 1 aliphatic heterocycles. The maximum Gasteiger partial charge on any atom is 0.242 e. The minimum absolute atomic E-state index is 0.0197. The molecule has 1 aromatic heterocycles. The Balaban J connectivity index is 1.44. The Morgan fingerprint density at radius 2 is 2.00 bits per heavy atom. The number of fused-ring (bicyclic) bond motifs is 1. The second-order valence-corrected chi connectivity index (χ2v) is 9.26. The third-order valence-electron chi connectivity index (χ3n) is 5.73. The van der Waals surface area contributed by atoms with Crippen LogP contribution < -0.4 is 10.2 Å². The van der Waals surface area contributed by atoms with Crippen molar-refractivity contribution in [3.63, 3.8) is 0 Å². The summed E-state index contributed by atoms with van der Waals surface area (Å²) in [7, 11) is 1.84. The van der Waals surface area contributed by atoms with E-state index in [9.17, 15) is 4.79 Å². The number of halogens is 1. The highest BCUT2D eigenvalue weighted by Crippen LogP contribution is 2.32. The zero-order chi connectivity index (χ0) is 21.1. The average Bonchev–Trinajstić information content (AvgIpc) is 3.21. The van der Waals surface area contributed by atoms with Crippen molar-refractivity contribution in [2.24, 2.45) is 0 Å². The van der Waals surface area contributed by atoms with Crippen LogP contribution in [0.15, 0.2) is 42.5 Å². The number of anilines is 2. The van der Waals surface area contributed by atoms with Gasteiger partial charge in [0.05, 0.1) is 34.2 Å². The van der Waals surface area contributed by atoms with E-state index in [4.69, 9.17) is 16.6 Å². The second kappa shape index (κ2) is 9.23. The molecule has 1 atom stereocenters. The van der Waals surface area contributed by atoms with Crippen molar-refractivity contribution in [2.45, 2.75) is 32.2 Å². The molecule has 0 radical (unpaired) electrons. The van der Waals surface area contributed by atoms with Crippen LogP contribution in [0.25, 0.3) is 10.2 Å². The Kier molecular flexibility index (Phi) is 6.44. The number of para-hydroxylation sites is 1. The zero-order valence-electron chi connectivity index (χ0n) is 17.4. The van der Waals surface area contributed by atoms with E-state index in [1.165, 1.54) is 19.3 Å². The fraction of sp³-hybridized carbons (Fsp3) is 0.391. The van der Waals surface area contributed by atoms with E-state index in [2.05, 4.69) is 16.3 Å². The van der Waals surface area contributed by atoms with Crippen molar-refractivity contribution < 1.29 is 4.79 Å². The van der Waals surface area contributed by atoms with Gasteiger partial charge in [0.2, 0.25) is 5.91 Å². The molecule has 1 saturated heterocycles. The fourth-order valence-corrected chi connectivity index (χ4v) is 5.04. The number of amides is 1. The first-order chi connectivity index (χ1) is 14.5. The van der Waals surface area contributed by atoms with Crippen molar-refractivity contribution in [3.8, 4) is 0 Å². The van der Waals surface area contributed by atoms with Crippen molar-refractivity contribution in [3.05, 3.63) is 52.5 Å². The molecular weight excluding hydrogens is 416 g/mol. The highest BCUT2D eigenvalue weighted by molar-refractivity contribution is 7.18. The number of nitrogens with one attached hydrogen (secondary N) is 1. The van der Waals surface area contributed by atoms with Gasteiger partial charge in [0.1, 0.15) is 5.01 Å². The van der Waals surface area contributed by atoms with Crippen LogP contribution in [-0.4, -0.2) is 42.5 Å². The van der Waals surface area contributed by atoms with Crippen LogP contribution in [0.5, 0.6) is 0 Å². The first-order valence-corrected chi connectivity index (χ1v) is 11.6. The zero-order valence-corrected chi connectivity index (χ0v) is 19.0. The molecule has 0 spiro atoms. The van der Waals surface area contributed by atoms with Crippen LogP contribution in [0, 0.1) is 0 Å². The molecule has 158 valence electrons. The number of nitrogens with zero attached hydrogens (tertiary/aromatic N) is 3. The second-order valence-electron chi connectivity index (χ2n) is 7.76. The molecule has 4 rings (SSSR count). The number of likely N-dealkylation sites (N-methyl/N-ethyl adjacent to an activating group) is 1. The van der Waals surface area contributed by atoms with E-state index in [-0.39, 0.29) is 18.5 Å². The first kappa shape index (κ1) is 20.9. The molecule has 0 bridgehead atoms. The van der Waals surface area contributed by atoms with Gasteiger partial charge in [0.15, 0.2) is 0 Å². The Hall–Kier alpha value is -2.31. The van der Waals surface area contributed by atoms with Crippen LogP contribution >= 0.6 is 22.9 Å². The number of benzene rings is 2. The van der Waals surface area contributed by atoms with Crippen molar-refractivity contribution >= 4 is 50.4 Å². The summed E-state index contributed by atoms with van der Waals surface area (Å²) < 4.78 is 1.14. The van der Waals surface area contributed by atoms with Gasteiger partial charge >= 0.3 is 0 Å². The Labute approximate surface area is 186 Å². The third-order valence-corrected chi connectivity index (χ3v) is 7.17. The molecule has 30 heavy (non-hydrogen) atoms. The highest BCUT2D eigenvalue weighted by Gasteiger charge is 2.21. The predicted molar refractivity (Wildman–Crippen MR) is 127 cm³/mol. The lowest BCUT2D eigenvalue weighted by Gasteiger charge is -2.31. The fourth-order valence-electron chi connectivity index (χ4n) is 3.81. The monoisotopic (exact) mass is 442 g/mol. The minimum atomic E-state index is -0.0855. The first-order valence-electron chi connectivity index (χ1n) is 10.4. The van der Waals surface area contributed by atoms with E-state index in [1.54, 1.807) is 16.2 Å². The van der Waals surface area contributed by atoms with E-state index >= 15 is 0 Å². The van der Waals surface area contributed by atoms with E-state index < -0.39 is 0 Å². The largest absolute Gasteiger partial charge is 0.374 e. The van der Waals surface area contributed by atoms with E-state index in [0.717, 1.165) is 39.7 Å². The van der Waals surface area contributed by atoms with Crippen LogP contribution in [0.1, 0.15) is 37.2 Å². The molecule has 7 heteroatoms. The standard InChI is InChI=1S/C23H27ClN4OS/c1-16(23-26-18-8-4-5-9-21(18)30-23)27(2)22(29)15-25-19-14-17(24)10-11-20(19)28-12-6-3-7-13-28/h4-5,8-11,14,16,25H,3,6-7,12-13,15H2,1-2H3/t16-/m1/s1. The van der Waals surface area contributed by atoms with Crippen molar-refractivity contribution in [1.29, 1.82) is 0 Å². The quantitative estimate of drug-likeness (QED) is 0.542. The van der Waals surface area contributed by atoms with Gasteiger partial charge in [-0.05, 0) is 56.5 Å². The molecule has 1 fully saturated rings. The predicted octanol–water partition coefficient (Wildman–Crippen LogP) is 5.57. The summed E-state index contributed by atoms with van der Waals surface area (Å²) in [5, 5.41) is 4.95. The van der Waals surface area contributed by atoms with Crippen LogP contribution in [-0.2, 0) is 4.79 Å². The Morgan fingerprint density at radius 1 is 1.23 bits per heavy atom. The summed E-state index contributed by atoms with van der Waals surface area (Å²) in [6.45, 7) is 4.32. The molecule has 3 aromatic rings. The molecule has 1 aliphatic rings. The summed E-state index contributed by atoms with van der Waals surface area (Å²) in [4.78, 5) is 21.7. The van der Waals surface area contributed by atoms with Gasteiger partial charge in [0.25, 0.3) is 0 Å². The lowest BCUT2D eigenvalue weighted by molar-refractivity contribution is -0.129. The SMILES string of the molecule is C[C@H](c1nc2ccccc2s1)N(C)C(=O)CNc1cc(Cl)ccc1N1CCCCC1. The molecule has 1 N–H and O–H groups in total. The molecule has 2 aromatic carbocycles. The molecule has 0 unspecified atom stereocenters. The van der Waals surface area contributed by atoms with Gasteiger partial charge in [-0.25, -0.2) is 4.98 Å². The number of hydrogen-bond donors (Lipinski definition) is 1. The normalized spacial score (nSPS) is 15.2. The van der Waals surface area contributed by atoms with Gasteiger partial charge in [-0.2, -0.15) is 0 Å². The Morgan fingerprint density at radius 3 is 2.77 bits per heavy atom. The maximum absolute atomic E-state index is 12.9. The average molecular weight is 443 g/mol. The summed E-state index contributed by atoms with van der Waals surface area (Å²) in [6.07, 6.45) is 3.67. The van der Waals surface area contributed by atoms with E-state index in [0.29, 0.717) is 5.02 Å². The lowest BCUT2D eigenvalue weighted by Crippen LogP contribution is -2.35. The molecule has 0 aliphatic carbocycles. The summed E-state index contributed by atoms with van der Waals surface area (Å²) in [6, 6.07) is 13.9. The third kappa shape index (κ3) is 4.55. The van der Waals surface area contributed by atoms with Crippen molar-refractivity contribution in [1.82, 2.24) is 9.88 Å². The van der Waals surface area contributed by atoms with Gasteiger partial charge in [-0.3, -0.25) is 4.79 Å². The van der Waals surface area contributed by atoms with Gasteiger partial charge in [-0.15, -0.1) is 11.3 Å². The van der Waals surface area contributed by atoms with Gasteiger partial charge < -0.3 is 15.1 Å². The maximum atomic E-state index is 12.9. The summed E-state index contributed by atoms with van der Waals surface area (Å²) in [5.41, 5.74) is 3.01. The minimum Gasteiger partial charge on any atom is -0.374 e. The number of hydrogen-bond acceptors (Lipinski definition) is 5. The Bertz CT molecular complexity index is 998. The highest BCUT2D eigenvalue weighted by atomic mass is 35.5. The summed E-state index contributed by atoms with van der Waals surface area (Å²) >= 11 is 7.88. The lowest BCUT2D eigenvalue weighted by atomic mass is 10.1. The topological polar surface area (TPSA) is 48.5 Å². The number of rotatable bonds is 6. The number of thiazole rings is 1. The van der Waals surface area contributed by atoms with Crippen LogP contribution in [0.4, 0.5) is 11.4 Å². The van der Waals surface area contributed by atoms with Crippen LogP contribution in [0.3, 0.4) is 0 Å². The molecule has 2 heterocycles. The number of carbonyl (C=O) groups excluding carboxylic acids is 1. The molecule has 1 amide bonds. The van der Waals surface area contributed by atoms with Crippen LogP contribution in [0.2, 0.25) is 5.02 Å². The molecule has 5 nitrogen and oxygen atoms in total. The number of aromatic nitrogens is 1. The molecule has 0 saturated carbocycles.